The molecule has 1 N–H and O–H groups in total. The summed E-state index contributed by atoms with van der Waals surface area (Å²) in [5, 5.41) is 8.08. The lowest BCUT2D eigenvalue weighted by Crippen LogP contribution is -2.26. The van der Waals surface area contributed by atoms with Crippen molar-refractivity contribution in [3.63, 3.8) is 0 Å². The third-order valence-electron chi connectivity index (χ3n) is 0.611. The van der Waals surface area contributed by atoms with Gasteiger partial charge < -0.3 is 5.11 Å². The highest BCUT2D eigenvalue weighted by molar-refractivity contribution is 4.73. The molecule has 0 saturated carbocycles. The van der Waals surface area contributed by atoms with Gasteiger partial charge in [-0.2, -0.15) is 0 Å². The smallest absolute Gasteiger partial charge is 0.273 e. The maximum absolute atomic E-state index is 11.5. The first-order chi connectivity index (χ1) is 2.94. The predicted molar refractivity (Wildman–Crippen MR) is 22.0 cm³/mol. The van der Waals surface area contributed by atoms with Crippen LogP contribution in [0.3, 0.4) is 0 Å². The maximum atomic E-state index is 11.5. The van der Waals surface area contributed by atoms with E-state index in [2.05, 4.69) is 6.92 Å². The molecule has 0 aliphatic rings. The summed E-state index contributed by atoms with van der Waals surface area (Å²) in [5.41, 5.74) is 0. The van der Waals surface area contributed by atoms with Gasteiger partial charge in [-0.15, -0.1) is 0 Å². The summed E-state index contributed by atoms with van der Waals surface area (Å²) in [6.45, 7) is 3.38. The molecular formula is C4H7F2O. The zero-order valence-electron chi connectivity index (χ0n) is 3.99. The summed E-state index contributed by atoms with van der Waals surface area (Å²) in [6.07, 6.45) is -1.65. The number of rotatable bonds is 1. The summed E-state index contributed by atoms with van der Waals surface area (Å²) < 4.78 is 23.0. The van der Waals surface area contributed by atoms with Gasteiger partial charge in [0, 0.05) is 6.92 Å². The van der Waals surface area contributed by atoms with Gasteiger partial charge in [-0.3, -0.25) is 0 Å². The van der Waals surface area contributed by atoms with Crippen LogP contribution >= 0.6 is 0 Å². The molecule has 0 spiro atoms. The first-order valence-electron chi connectivity index (χ1n) is 1.86. The van der Waals surface area contributed by atoms with Crippen molar-refractivity contribution in [2.24, 2.45) is 0 Å². The van der Waals surface area contributed by atoms with E-state index in [0.29, 0.717) is 0 Å². The second-order valence-corrected chi connectivity index (χ2v) is 1.44. The fraction of sp³-hybridized carbons (Fsp3) is 0.750. The highest BCUT2D eigenvalue weighted by Crippen LogP contribution is 2.14. The van der Waals surface area contributed by atoms with Crippen molar-refractivity contribution in [2.45, 2.75) is 19.0 Å². The average Bonchev–Trinajstić information content (AvgIpc) is 1.31. The second-order valence-electron chi connectivity index (χ2n) is 1.44. The van der Waals surface area contributed by atoms with Gasteiger partial charge in [0.05, 0.1) is 0 Å². The second kappa shape index (κ2) is 1.74. The van der Waals surface area contributed by atoms with Crippen molar-refractivity contribution in [2.75, 3.05) is 0 Å². The number of alkyl halides is 2. The molecule has 1 radical (unpaired) electrons. The zero-order chi connectivity index (χ0) is 6.08. The fourth-order valence-electron chi connectivity index (χ4n) is 0. The average molecular weight is 109 g/mol. The van der Waals surface area contributed by atoms with Gasteiger partial charge >= 0.3 is 0 Å². The molecule has 3 heteroatoms. The van der Waals surface area contributed by atoms with E-state index in [-0.39, 0.29) is 0 Å². The van der Waals surface area contributed by atoms with Crippen LogP contribution in [-0.4, -0.2) is 17.1 Å². The van der Waals surface area contributed by atoms with Crippen LogP contribution in [0.25, 0.3) is 0 Å². The molecule has 0 aliphatic carbocycles. The van der Waals surface area contributed by atoms with Gasteiger partial charge in [-0.1, -0.05) is 0 Å². The van der Waals surface area contributed by atoms with E-state index >= 15 is 0 Å². The van der Waals surface area contributed by atoms with Crippen molar-refractivity contribution >= 4 is 0 Å². The minimum atomic E-state index is -3.19. The number of aliphatic hydroxyl groups excluding tert-OH is 1. The lowest BCUT2D eigenvalue weighted by atomic mass is 10.2. The number of hydrogen-bond acceptors (Lipinski definition) is 1. The Morgan fingerprint density at radius 2 is 1.86 bits per heavy atom. The molecule has 0 amide bonds. The molecule has 0 aromatic rings. The summed E-state index contributed by atoms with van der Waals surface area (Å²) >= 11 is 0. The van der Waals surface area contributed by atoms with Crippen LogP contribution in [-0.2, 0) is 0 Å². The molecule has 0 aromatic heterocycles. The summed E-state index contributed by atoms with van der Waals surface area (Å²) in [7, 11) is 0. The van der Waals surface area contributed by atoms with Crippen LogP contribution in [0.1, 0.15) is 6.92 Å². The summed E-state index contributed by atoms with van der Waals surface area (Å²) in [6, 6.07) is 0. The van der Waals surface area contributed by atoms with E-state index in [1.54, 1.807) is 0 Å². The summed E-state index contributed by atoms with van der Waals surface area (Å²) in [5.74, 6) is -3.19. The molecule has 43 valence electrons. The van der Waals surface area contributed by atoms with E-state index in [4.69, 9.17) is 5.11 Å². The largest absolute Gasteiger partial charge is 0.387 e. The minimum absolute atomic E-state index is 0.993. The van der Waals surface area contributed by atoms with E-state index in [1.165, 1.54) is 0 Å². The number of aliphatic hydroxyl groups is 1. The predicted octanol–water partition coefficient (Wildman–Crippen LogP) is 0.837. The highest BCUT2D eigenvalue weighted by Gasteiger charge is 2.27. The van der Waals surface area contributed by atoms with Gasteiger partial charge in [-0.05, 0) is 6.92 Å². The minimum Gasteiger partial charge on any atom is -0.387 e. The van der Waals surface area contributed by atoms with Gasteiger partial charge in [0.25, 0.3) is 5.92 Å². The molecule has 7 heavy (non-hydrogen) atoms. The lowest BCUT2D eigenvalue weighted by molar-refractivity contribution is -0.0620. The van der Waals surface area contributed by atoms with Gasteiger partial charge in [0.15, 0.2) is 0 Å². The van der Waals surface area contributed by atoms with E-state index < -0.39 is 12.0 Å². The van der Waals surface area contributed by atoms with Crippen LogP contribution < -0.4 is 0 Å². The van der Waals surface area contributed by atoms with Crippen LogP contribution in [0.4, 0.5) is 8.78 Å². The molecule has 0 aliphatic heterocycles. The third kappa shape index (κ3) is 2.51. The molecule has 1 nitrogen and oxygen atoms in total. The molecule has 0 heterocycles. The maximum Gasteiger partial charge on any atom is 0.273 e. The SMILES string of the molecule is [CH2]C(F)(F)C(C)O. The topological polar surface area (TPSA) is 20.2 Å². The van der Waals surface area contributed by atoms with Crippen molar-refractivity contribution in [1.82, 2.24) is 0 Å². The molecule has 0 rings (SSSR count). The quantitative estimate of drug-likeness (QED) is 0.529. The lowest BCUT2D eigenvalue weighted by Gasteiger charge is -2.11. The van der Waals surface area contributed by atoms with Crippen LogP contribution in [0, 0.1) is 6.92 Å². The number of halogens is 2. The van der Waals surface area contributed by atoms with Crippen molar-refractivity contribution in [1.29, 1.82) is 0 Å². The summed E-state index contributed by atoms with van der Waals surface area (Å²) in [4.78, 5) is 0. The van der Waals surface area contributed by atoms with E-state index in [1.807, 2.05) is 0 Å². The molecule has 0 fully saturated rings. The molecule has 0 bridgehead atoms. The Bertz CT molecular complexity index is 55.2. The first kappa shape index (κ1) is 6.82. The Morgan fingerprint density at radius 1 is 1.71 bits per heavy atom. The van der Waals surface area contributed by atoms with E-state index in [0.717, 1.165) is 6.92 Å². The Morgan fingerprint density at radius 3 is 1.86 bits per heavy atom. The molecular weight excluding hydrogens is 102 g/mol. The Labute approximate surface area is 41.0 Å². The molecule has 0 saturated heterocycles. The Hall–Kier alpha value is -0.180. The molecule has 1 atom stereocenters. The van der Waals surface area contributed by atoms with Crippen molar-refractivity contribution in [3.8, 4) is 0 Å². The fourth-order valence-corrected chi connectivity index (χ4v) is 0. The normalized spacial score (nSPS) is 16.7. The number of hydrogen-bond donors (Lipinski definition) is 1. The third-order valence-corrected chi connectivity index (χ3v) is 0.611. The van der Waals surface area contributed by atoms with Gasteiger partial charge in [-0.25, -0.2) is 8.78 Å². The highest BCUT2D eigenvalue weighted by atomic mass is 19.3. The van der Waals surface area contributed by atoms with Crippen LogP contribution in [0.5, 0.6) is 0 Å². The van der Waals surface area contributed by atoms with Crippen LogP contribution in [0.2, 0.25) is 0 Å². The monoisotopic (exact) mass is 109 g/mol. The first-order valence-corrected chi connectivity index (χ1v) is 1.86. The Balaban J connectivity index is 3.54. The zero-order valence-corrected chi connectivity index (χ0v) is 3.99. The van der Waals surface area contributed by atoms with Gasteiger partial charge in [0.1, 0.15) is 6.10 Å². The van der Waals surface area contributed by atoms with Crippen LogP contribution in [0.15, 0.2) is 0 Å². The van der Waals surface area contributed by atoms with Crippen molar-refractivity contribution < 1.29 is 13.9 Å². The van der Waals surface area contributed by atoms with Crippen molar-refractivity contribution in [3.05, 3.63) is 6.92 Å². The molecule has 1 unspecified atom stereocenters. The molecule has 0 aromatic carbocycles. The Kier molecular flexibility index (Phi) is 1.69. The standard InChI is InChI=1S/C4H7F2O/c1-3(7)4(2,5)6/h3,7H,2H2,1H3. The van der Waals surface area contributed by atoms with Gasteiger partial charge in [0.2, 0.25) is 0 Å². The van der Waals surface area contributed by atoms with E-state index in [9.17, 15) is 8.78 Å².